The highest BCUT2D eigenvalue weighted by Crippen LogP contribution is 2.21. The summed E-state index contributed by atoms with van der Waals surface area (Å²) in [6, 6.07) is 4.21. The molecule has 3 N–H and O–H groups in total. The van der Waals surface area contributed by atoms with Crippen molar-refractivity contribution in [3.8, 4) is 0 Å². The van der Waals surface area contributed by atoms with Gasteiger partial charge in [-0.2, -0.15) is 0 Å². The maximum Gasteiger partial charge on any atom is 0.191 e. The summed E-state index contributed by atoms with van der Waals surface area (Å²) in [5, 5.41) is 13.1. The van der Waals surface area contributed by atoms with E-state index in [9.17, 15) is 9.50 Å². The molecule has 1 aliphatic heterocycles. The molecule has 0 aliphatic carbocycles. The molecular weight excluding hydrogens is 492 g/mol. The van der Waals surface area contributed by atoms with Gasteiger partial charge in [0.05, 0.1) is 17.7 Å². The molecule has 6 nitrogen and oxygen atoms in total. The van der Waals surface area contributed by atoms with Crippen LogP contribution in [0.2, 0.25) is 5.02 Å². The Morgan fingerprint density at radius 1 is 1.38 bits per heavy atom. The summed E-state index contributed by atoms with van der Waals surface area (Å²) in [6.45, 7) is 3.17. The fraction of sp³-hybridized carbons (Fsp3) is 0.375. The van der Waals surface area contributed by atoms with E-state index in [1.54, 1.807) is 23.6 Å². The number of rotatable bonds is 4. The molecule has 3 rings (SSSR count). The second-order valence-corrected chi connectivity index (χ2v) is 6.96. The fourth-order valence-corrected chi connectivity index (χ4v) is 3.42. The Labute approximate surface area is 177 Å². The Kier molecular flexibility index (Phi) is 7.86. The molecule has 2 heterocycles. The first-order valence-corrected chi connectivity index (χ1v) is 9.12. The average molecular weight is 512 g/mol. The number of anilines is 1. The van der Waals surface area contributed by atoms with Crippen molar-refractivity contribution in [2.75, 3.05) is 37.6 Å². The van der Waals surface area contributed by atoms with Crippen molar-refractivity contribution in [1.29, 1.82) is 0 Å². The van der Waals surface area contributed by atoms with Crippen molar-refractivity contribution in [2.24, 2.45) is 10.7 Å². The molecule has 2 aromatic rings. The van der Waals surface area contributed by atoms with E-state index in [4.69, 9.17) is 17.3 Å². The standard InChI is InChI=1S/C16H19ClFN5OS.HI/c17-12-2-1-11(9-13(12)18)14(24)10-21-15(19)22-4-6-23(7-5-22)16-20-3-8-25-16;/h1-3,8-9,14,24H,4-7,10H2,(H2,19,21);1H. The molecule has 1 atom stereocenters. The van der Waals surface area contributed by atoms with E-state index in [2.05, 4.69) is 14.9 Å². The number of benzene rings is 1. The zero-order valence-corrected chi connectivity index (χ0v) is 17.8. The van der Waals surface area contributed by atoms with Crippen LogP contribution in [0.25, 0.3) is 0 Å². The minimum absolute atomic E-state index is 0. The van der Waals surface area contributed by atoms with Crippen molar-refractivity contribution in [2.45, 2.75) is 6.10 Å². The molecule has 1 aromatic carbocycles. The van der Waals surface area contributed by atoms with Crippen LogP contribution in [0.15, 0.2) is 34.8 Å². The van der Waals surface area contributed by atoms with Crippen LogP contribution >= 0.6 is 46.9 Å². The van der Waals surface area contributed by atoms with Crippen LogP contribution in [0.1, 0.15) is 11.7 Å². The number of hydrogen-bond donors (Lipinski definition) is 2. The van der Waals surface area contributed by atoms with E-state index in [1.165, 1.54) is 12.1 Å². The Morgan fingerprint density at radius 2 is 2.12 bits per heavy atom. The molecule has 1 unspecified atom stereocenters. The van der Waals surface area contributed by atoms with Crippen molar-refractivity contribution >= 4 is 58.0 Å². The zero-order chi connectivity index (χ0) is 17.8. The third-order valence-electron chi connectivity index (χ3n) is 4.05. The number of aliphatic hydroxyl groups is 1. The number of nitrogens with zero attached hydrogens (tertiary/aromatic N) is 4. The van der Waals surface area contributed by atoms with E-state index in [-0.39, 0.29) is 35.5 Å². The fourth-order valence-electron chi connectivity index (χ4n) is 2.60. The predicted molar refractivity (Wildman–Crippen MR) is 114 cm³/mol. The van der Waals surface area contributed by atoms with Crippen molar-refractivity contribution in [3.05, 3.63) is 46.2 Å². The summed E-state index contributed by atoms with van der Waals surface area (Å²) in [7, 11) is 0. The number of nitrogens with two attached hydrogens (primary N) is 1. The van der Waals surface area contributed by atoms with Gasteiger partial charge in [0.15, 0.2) is 11.1 Å². The van der Waals surface area contributed by atoms with Gasteiger partial charge in [-0.3, -0.25) is 4.99 Å². The second-order valence-electron chi connectivity index (χ2n) is 5.68. The molecule has 0 spiro atoms. The second kappa shape index (κ2) is 9.67. The van der Waals surface area contributed by atoms with Crippen molar-refractivity contribution in [3.63, 3.8) is 0 Å². The van der Waals surface area contributed by atoms with Gasteiger partial charge in [0.2, 0.25) is 0 Å². The van der Waals surface area contributed by atoms with Gasteiger partial charge in [-0.25, -0.2) is 9.37 Å². The van der Waals surface area contributed by atoms with Gasteiger partial charge in [-0.1, -0.05) is 17.7 Å². The first-order chi connectivity index (χ1) is 12.0. The number of aromatic nitrogens is 1. The van der Waals surface area contributed by atoms with Crippen LogP contribution in [-0.2, 0) is 0 Å². The molecule has 0 radical (unpaired) electrons. The Morgan fingerprint density at radius 3 is 2.73 bits per heavy atom. The molecule has 26 heavy (non-hydrogen) atoms. The molecule has 1 fully saturated rings. The lowest BCUT2D eigenvalue weighted by Crippen LogP contribution is -2.51. The summed E-state index contributed by atoms with van der Waals surface area (Å²) in [5.41, 5.74) is 6.45. The van der Waals surface area contributed by atoms with Gasteiger partial charge in [-0.15, -0.1) is 35.3 Å². The molecule has 0 bridgehead atoms. The average Bonchev–Trinajstić information content (AvgIpc) is 3.16. The highest BCUT2D eigenvalue weighted by atomic mass is 127. The number of halogens is 3. The predicted octanol–water partition coefficient (Wildman–Crippen LogP) is 2.72. The van der Waals surface area contributed by atoms with Crippen LogP contribution < -0.4 is 10.6 Å². The van der Waals surface area contributed by atoms with Crippen molar-refractivity contribution < 1.29 is 9.50 Å². The number of guanidine groups is 1. The lowest BCUT2D eigenvalue weighted by molar-refractivity contribution is 0.186. The largest absolute Gasteiger partial charge is 0.386 e. The Bertz CT molecular complexity index is 740. The highest BCUT2D eigenvalue weighted by Gasteiger charge is 2.20. The van der Waals surface area contributed by atoms with Gasteiger partial charge < -0.3 is 20.6 Å². The van der Waals surface area contributed by atoms with E-state index in [1.807, 2.05) is 10.3 Å². The van der Waals surface area contributed by atoms with Gasteiger partial charge in [0, 0.05) is 37.8 Å². The monoisotopic (exact) mass is 511 g/mol. The molecule has 1 aliphatic rings. The summed E-state index contributed by atoms with van der Waals surface area (Å²) >= 11 is 7.26. The molecule has 142 valence electrons. The van der Waals surface area contributed by atoms with E-state index < -0.39 is 11.9 Å². The molecule has 1 saturated heterocycles. The van der Waals surface area contributed by atoms with Crippen LogP contribution in [0, 0.1) is 5.82 Å². The van der Waals surface area contributed by atoms with Gasteiger partial charge in [-0.05, 0) is 17.7 Å². The third kappa shape index (κ3) is 5.18. The maximum absolute atomic E-state index is 13.5. The van der Waals surface area contributed by atoms with E-state index >= 15 is 0 Å². The summed E-state index contributed by atoms with van der Waals surface area (Å²) < 4.78 is 13.5. The van der Waals surface area contributed by atoms with Gasteiger partial charge in [0.25, 0.3) is 0 Å². The van der Waals surface area contributed by atoms with E-state index in [0.717, 1.165) is 31.3 Å². The van der Waals surface area contributed by atoms with Crippen LogP contribution in [0.5, 0.6) is 0 Å². The summed E-state index contributed by atoms with van der Waals surface area (Å²) in [4.78, 5) is 12.7. The quantitative estimate of drug-likeness (QED) is 0.375. The lowest BCUT2D eigenvalue weighted by Gasteiger charge is -2.35. The first-order valence-electron chi connectivity index (χ1n) is 7.87. The minimum atomic E-state index is -0.929. The number of hydrogen-bond acceptors (Lipinski definition) is 5. The molecule has 0 amide bonds. The smallest absolute Gasteiger partial charge is 0.191 e. The number of piperazine rings is 1. The first kappa shape index (κ1) is 21.1. The number of thiazole rings is 1. The SMILES string of the molecule is I.NC(=NCC(O)c1ccc(Cl)c(F)c1)N1CCN(c2nccs2)CC1. The van der Waals surface area contributed by atoms with Crippen LogP contribution in [0.3, 0.4) is 0 Å². The third-order valence-corrected chi connectivity index (χ3v) is 5.19. The highest BCUT2D eigenvalue weighted by molar-refractivity contribution is 14.0. The normalized spacial score (nSPS) is 16.3. The van der Waals surface area contributed by atoms with Crippen molar-refractivity contribution in [1.82, 2.24) is 9.88 Å². The number of aliphatic hydroxyl groups excluding tert-OH is 1. The lowest BCUT2D eigenvalue weighted by atomic mass is 10.1. The minimum Gasteiger partial charge on any atom is -0.386 e. The summed E-state index contributed by atoms with van der Waals surface area (Å²) in [5.74, 6) is -0.180. The molecule has 0 saturated carbocycles. The Balaban J connectivity index is 0.00000243. The maximum atomic E-state index is 13.5. The van der Waals surface area contributed by atoms with Gasteiger partial charge >= 0.3 is 0 Å². The van der Waals surface area contributed by atoms with Crippen LogP contribution in [-0.4, -0.2) is 53.7 Å². The van der Waals surface area contributed by atoms with E-state index in [0.29, 0.717) is 11.5 Å². The zero-order valence-electron chi connectivity index (χ0n) is 13.9. The molecule has 1 aromatic heterocycles. The molecular formula is C16H20ClFIN5OS. The Hall–Kier alpha value is -1.17. The summed E-state index contributed by atoms with van der Waals surface area (Å²) in [6.07, 6.45) is 0.866. The number of aliphatic imine (C=N–C) groups is 1. The molecule has 10 heteroatoms. The topological polar surface area (TPSA) is 78.0 Å². The van der Waals surface area contributed by atoms with Gasteiger partial charge in [0.1, 0.15) is 5.82 Å². The van der Waals surface area contributed by atoms with Crippen LogP contribution in [0.4, 0.5) is 9.52 Å².